The fourth-order valence-electron chi connectivity index (χ4n) is 2.48. The van der Waals surface area contributed by atoms with E-state index in [1.165, 1.54) is 29.1 Å². The van der Waals surface area contributed by atoms with Gasteiger partial charge in [-0.2, -0.15) is 0 Å². The number of thiazole rings is 1. The minimum Gasteiger partial charge on any atom is -0.316 e. The molecule has 0 radical (unpaired) electrons. The number of rotatable bonds is 3. The summed E-state index contributed by atoms with van der Waals surface area (Å²) in [5.41, 5.74) is 3.66. The molecule has 1 saturated heterocycles. The van der Waals surface area contributed by atoms with E-state index < -0.39 is 0 Å². The summed E-state index contributed by atoms with van der Waals surface area (Å²) in [6, 6.07) is 8.57. The van der Waals surface area contributed by atoms with Crippen molar-refractivity contribution in [3.63, 3.8) is 0 Å². The molecule has 0 amide bonds. The molecule has 2 nitrogen and oxygen atoms in total. The second-order valence-electron chi connectivity index (χ2n) is 5.06. The van der Waals surface area contributed by atoms with Gasteiger partial charge in [-0.25, -0.2) is 4.98 Å². The van der Waals surface area contributed by atoms with Gasteiger partial charge in [0.25, 0.3) is 0 Å². The van der Waals surface area contributed by atoms with Crippen molar-refractivity contribution in [2.24, 2.45) is 5.92 Å². The molecule has 94 valence electrons. The van der Waals surface area contributed by atoms with Crippen LogP contribution in [0.3, 0.4) is 0 Å². The van der Waals surface area contributed by atoms with Crippen molar-refractivity contribution in [3.05, 3.63) is 40.2 Å². The van der Waals surface area contributed by atoms with E-state index in [1.54, 1.807) is 11.3 Å². The van der Waals surface area contributed by atoms with Crippen molar-refractivity contribution >= 4 is 11.3 Å². The second kappa shape index (κ2) is 5.21. The van der Waals surface area contributed by atoms with Gasteiger partial charge in [0.2, 0.25) is 0 Å². The molecular formula is C15H18N2S. The number of hydrogen-bond acceptors (Lipinski definition) is 3. The smallest absolute Gasteiger partial charge is 0.0935 e. The molecule has 3 heteroatoms. The number of benzene rings is 1. The van der Waals surface area contributed by atoms with E-state index in [9.17, 15) is 0 Å². The van der Waals surface area contributed by atoms with Crippen molar-refractivity contribution in [3.8, 4) is 11.3 Å². The molecule has 0 aliphatic carbocycles. The zero-order valence-electron chi connectivity index (χ0n) is 10.6. The van der Waals surface area contributed by atoms with Crippen LogP contribution >= 0.6 is 11.3 Å². The van der Waals surface area contributed by atoms with Gasteiger partial charge >= 0.3 is 0 Å². The van der Waals surface area contributed by atoms with Crippen LogP contribution in [0.25, 0.3) is 11.3 Å². The quantitative estimate of drug-likeness (QED) is 0.914. The van der Waals surface area contributed by atoms with Crippen LogP contribution in [-0.4, -0.2) is 18.1 Å². The van der Waals surface area contributed by atoms with Gasteiger partial charge in [-0.3, -0.25) is 0 Å². The molecule has 1 atom stereocenters. The fraction of sp³-hybridized carbons (Fsp3) is 0.400. The van der Waals surface area contributed by atoms with Crippen LogP contribution in [0, 0.1) is 12.8 Å². The molecule has 1 aliphatic heterocycles. The summed E-state index contributed by atoms with van der Waals surface area (Å²) in [4.78, 5) is 4.78. The van der Waals surface area contributed by atoms with Crippen molar-refractivity contribution in [1.29, 1.82) is 0 Å². The zero-order valence-corrected chi connectivity index (χ0v) is 11.5. The molecule has 1 aliphatic rings. The molecule has 1 fully saturated rings. The summed E-state index contributed by atoms with van der Waals surface area (Å²) in [5.74, 6) is 0.779. The molecule has 1 aromatic heterocycles. The van der Waals surface area contributed by atoms with E-state index in [-0.39, 0.29) is 0 Å². The Kier molecular flexibility index (Phi) is 3.43. The fourth-order valence-corrected chi connectivity index (χ4v) is 3.40. The predicted molar refractivity (Wildman–Crippen MR) is 77.0 cm³/mol. The molecule has 3 rings (SSSR count). The van der Waals surface area contributed by atoms with Crippen LogP contribution in [0.4, 0.5) is 0 Å². The summed E-state index contributed by atoms with van der Waals surface area (Å²) in [6.07, 6.45) is 2.42. The monoisotopic (exact) mass is 258 g/mol. The molecule has 2 heterocycles. The first-order chi connectivity index (χ1) is 8.81. The lowest BCUT2D eigenvalue weighted by molar-refractivity contribution is 0.578. The van der Waals surface area contributed by atoms with Crippen LogP contribution in [0.5, 0.6) is 0 Å². The van der Waals surface area contributed by atoms with Crippen LogP contribution < -0.4 is 5.32 Å². The second-order valence-corrected chi connectivity index (χ2v) is 6.00. The van der Waals surface area contributed by atoms with Crippen molar-refractivity contribution in [1.82, 2.24) is 10.3 Å². The molecular weight excluding hydrogens is 240 g/mol. The lowest BCUT2D eigenvalue weighted by Gasteiger charge is -2.04. The highest BCUT2D eigenvalue weighted by molar-refractivity contribution is 7.09. The van der Waals surface area contributed by atoms with Crippen molar-refractivity contribution in [2.75, 3.05) is 13.1 Å². The topological polar surface area (TPSA) is 24.9 Å². The molecule has 0 spiro atoms. The van der Waals surface area contributed by atoms with Gasteiger partial charge in [-0.05, 0) is 38.4 Å². The maximum Gasteiger partial charge on any atom is 0.0935 e. The molecule has 2 aromatic rings. The molecule has 18 heavy (non-hydrogen) atoms. The number of aromatic nitrogens is 1. The zero-order chi connectivity index (χ0) is 12.4. The van der Waals surface area contributed by atoms with E-state index in [4.69, 9.17) is 4.98 Å². The van der Waals surface area contributed by atoms with Gasteiger partial charge in [-0.15, -0.1) is 11.3 Å². The lowest BCUT2D eigenvalue weighted by Crippen LogP contribution is -2.10. The standard InChI is InChI=1S/C15H18N2S/c1-11-3-2-4-13(7-11)14-10-18-15(17-14)8-12-5-6-16-9-12/h2-4,7,10,12,16H,5-6,8-9H2,1H3. The number of nitrogens with zero attached hydrogens (tertiary/aromatic N) is 1. The maximum absolute atomic E-state index is 4.78. The molecule has 0 saturated carbocycles. The first-order valence-corrected chi connectivity index (χ1v) is 7.41. The molecule has 1 unspecified atom stereocenters. The molecule has 1 N–H and O–H groups in total. The predicted octanol–water partition coefficient (Wildman–Crippen LogP) is 3.27. The van der Waals surface area contributed by atoms with E-state index in [2.05, 4.69) is 41.9 Å². The maximum atomic E-state index is 4.78. The Bertz CT molecular complexity index is 527. The van der Waals surface area contributed by atoms with E-state index in [0.717, 1.165) is 24.6 Å². The van der Waals surface area contributed by atoms with Gasteiger partial charge in [0.05, 0.1) is 10.7 Å². The SMILES string of the molecule is Cc1cccc(-c2csc(CC3CCNC3)n2)c1. The molecule has 1 aromatic carbocycles. The van der Waals surface area contributed by atoms with Crippen LogP contribution in [0.15, 0.2) is 29.6 Å². The summed E-state index contributed by atoms with van der Waals surface area (Å²) in [7, 11) is 0. The summed E-state index contributed by atoms with van der Waals surface area (Å²) < 4.78 is 0. The molecule has 0 bridgehead atoms. The average Bonchev–Trinajstić information content (AvgIpc) is 3.01. The van der Waals surface area contributed by atoms with Gasteiger partial charge in [-0.1, -0.05) is 23.8 Å². The van der Waals surface area contributed by atoms with Gasteiger partial charge < -0.3 is 5.32 Å². The summed E-state index contributed by atoms with van der Waals surface area (Å²) >= 11 is 1.80. The Morgan fingerprint density at radius 3 is 3.17 bits per heavy atom. The lowest BCUT2D eigenvalue weighted by atomic mass is 10.1. The summed E-state index contributed by atoms with van der Waals surface area (Å²) in [5, 5.41) is 6.88. The normalized spacial score (nSPS) is 19.3. The van der Waals surface area contributed by atoms with Crippen molar-refractivity contribution in [2.45, 2.75) is 19.8 Å². The van der Waals surface area contributed by atoms with Gasteiger partial charge in [0.1, 0.15) is 0 Å². The number of nitrogens with one attached hydrogen (secondary N) is 1. The minimum absolute atomic E-state index is 0.779. The van der Waals surface area contributed by atoms with Gasteiger partial charge in [0, 0.05) is 17.4 Å². The highest BCUT2D eigenvalue weighted by Gasteiger charge is 2.16. The van der Waals surface area contributed by atoms with Crippen LogP contribution in [-0.2, 0) is 6.42 Å². The average molecular weight is 258 g/mol. The minimum atomic E-state index is 0.779. The first kappa shape index (κ1) is 11.9. The Morgan fingerprint density at radius 2 is 2.39 bits per heavy atom. The highest BCUT2D eigenvalue weighted by atomic mass is 32.1. The van der Waals surface area contributed by atoms with E-state index in [0.29, 0.717) is 0 Å². The van der Waals surface area contributed by atoms with Crippen molar-refractivity contribution < 1.29 is 0 Å². The Morgan fingerprint density at radius 1 is 1.44 bits per heavy atom. The van der Waals surface area contributed by atoms with Crippen LogP contribution in [0.2, 0.25) is 0 Å². The highest BCUT2D eigenvalue weighted by Crippen LogP contribution is 2.25. The van der Waals surface area contributed by atoms with Gasteiger partial charge in [0.15, 0.2) is 0 Å². The third-order valence-corrected chi connectivity index (χ3v) is 4.36. The first-order valence-electron chi connectivity index (χ1n) is 6.53. The summed E-state index contributed by atoms with van der Waals surface area (Å²) in [6.45, 7) is 4.45. The van der Waals surface area contributed by atoms with E-state index >= 15 is 0 Å². The van der Waals surface area contributed by atoms with E-state index in [1.807, 2.05) is 0 Å². The third-order valence-electron chi connectivity index (χ3n) is 3.49. The Hall–Kier alpha value is -1.19. The number of aryl methyl sites for hydroxylation is 1. The number of hydrogen-bond donors (Lipinski definition) is 1. The largest absolute Gasteiger partial charge is 0.316 e. The third kappa shape index (κ3) is 2.62. The Balaban J connectivity index is 1.76. The van der Waals surface area contributed by atoms with Crippen LogP contribution in [0.1, 0.15) is 17.0 Å². The Labute approximate surface area is 112 Å².